The third-order valence-corrected chi connectivity index (χ3v) is 2.52. The van der Waals surface area contributed by atoms with E-state index in [9.17, 15) is 4.79 Å². The van der Waals surface area contributed by atoms with Gasteiger partial charge in [0.25, 0.3) is 0 Å². The fraction of sp³-hybridized carbons (Fsp3) is 0.500. The van der Waals surface area contributed by atoms with E-state index in [0.29, 0.717) is 19.4 Å². The molecule has 1 rings (SSSR count). The van der Waals surface area contributed by atoms with Gasteiger partial charge >= 0.3 is 0 Å². The predicted molar refractivity (Wildman–Crippen MR) is 70.6 cm³/mol. The maximum Gasteiger partial charge on any atom is 0.220 e. The molecule has 0 unspecified atom stereocenters. The quantitative estimate of drug-likeness (QED) is 0.724. The number of ether oxygens (including phenoxy) is 1. The third-order valence-electron chi connectivity index (χ3n) is 2.52. The van der Waals surface area contributed by atoms with E-state index in [2.05, 4.69) is 5.32 Å². The smallest absolute Gasteiger partial charge is 0.220 e. The van der Waals surface area contributed by atoms with Crippen molar-refractivity contribution in [2.45, 2.75) is 32.7 Å². The normalized spacial score (nSPS) is 11.9. The van der Waals surface area contributed by atoms with Crippen molar-refractivity contribution in [2.24, 2.45) is 0 Å². The Morgan fingerprint density at radius 3 is 2.67 bits per heavy atom. The molecule has 1 amide bonds. The highest BCUT2D eigenvalue weighted by molar-refractivity contribution is 5.76. The molecule has 0 heterocycles. The fourth-order valence-electron chi connectivity index (χ4n) is 1.45. The Labute approximate surface area is 108 Å². The third kappa shape index (κ3) is 5.68. The number of aryl methyl sites for hydroxylation is 1. The minimum Gasteiger partial charge on any atom is -0.494 e. The van der Waals surface area contributed by atoms with E-state index in [0.717, 1.165) is 5.75 Å². The highest BCUT2D eigenvalue weighted by Gasteiger charge is 2.05. The number of hydrogen-bond acceptors (Lipinski definition) is 3. The highest BCUT2D eigenvalue weighted by atomic mass is 16.5. The van der Waals surface area contributed by atoms with Crippen LogP contribution in [0.25, 0.3) is 0 Å². The molecule has 0 radical (unpaired) electrons. The number of aliphatic hydroxyl groups excluding tert-OH is 1. The van der Waals surface area contributed by atoms with Crippen LogP contribution < -0.4 is 10.1 Å². The molecule has 0 saturated heterocycles. The summed E-state index contributed by atoms with van der Waals surface area (Å²) in [5, 5.41) is 11.5. The minimum atomic E-state index is -0.185. The van der Waals surface area contributed by atoms with Crippen LogP contribution in [0.2, 0.25) is 0 Å². The lowest BCUT2D eigenvalue weighted by atomic mass is 10.2. The van der Waals surface area contributed by atoms with Crippen LogP contribution in [0.15, 0.2) is 24.3 Å². The number of aliphatic hydroxyl groups is 1. The molecule has 0 aliphatic rings. The van der Waals surface area contributed by atoms with Gasteiger partial charge in [-0.05, 0) is 32.4 Å². The van der Waals surface area contributed by atoms with E-state index in [1.54, 1.807) is 6.92 Å². The molecule has 100 valence electrons. The molecule has 4 nitrogen and oxygen atoms in total. The van der Waals surface area contributed by atoms with E-state index in [1.807, 2.05) is 31.2 Å². The van der Waals surface area contributed by atoms with Crippen LogP contribution in [0.4, 0.5) is 0 Å². The zero-order valence-corrected chi connectivity index (χ0v) is 11.0. The van der Waals surface area contributed by atoms with Crippen molar-refractivity contribution in [1.82, 2.24) is 5.32 Å². The Bertz CT molecular complexity index is 362. The molecule has 1 aromatic carbocycles. The molecule has 1 aromatic rings. The Balaban J connectivity index is 2.15. The molecule has 18 heavy (non-hydrogen) atoms. The molecule has 1 atom stereocenters. The molecule has 4 heteroatoms. The number of carbonyl (C=O) groups excluding carboxylic acids is 1. The van der Waals surface area contributed by atoms with E-state index in [1.165, 1.54) is 5.56 Å². The van der Waals surface area contributed by atoms with Gasteiger partial charge in [-0.3, -0.25) is 4.79 Å². The van der Waals surface area contributed by atoms with Gasteiger partial charge in [0, 0.05) is 12.5 Å². The van der Waals surface area contributed by atoms with Gasteiger partial charge in [0.15, 0.2) is 0 Å². The summed E-state index contributed by atoms with van der Waals surface area (Å²) >= 11 is 0. The van der Waals surface area contributed by atoms with Crippen molar-refractivity contribution >= 4 is 5.91 Å². The van der Waals surface area contributed by atoms with Gasteiger partial charge in [-0.25, -0.2) is 0 Å². The van der Waals surface area contributed by atoms with Crippen LogP contribution in [0, 0.1) is 6.92 Å². The summed E-state index contributed by atoms with van der Waals surface area (Å²) in [6.45, 7) is 4.27. The Kier molecular flexibility index (Phi) is 6.22. The van der Waals surface area contributed by atoms with E-state index < -0.39 is 0 Å². The van der Waals surface area contributed by atoms with Crippen molar-refractivity contribution in [2.75, 3.05) is 13.2 Å². The Morgan fingerprint density at radius 1 is 1.39 bits per heavy atom. The van der Waals surface area contributed by atoms with Crippen molar-refractivity contribution in [3.63, 3.8) is 0 Å². The first-order chi connectivity index (χ1) is 8.61. The molecular weight excluding hydrogens is 230 g/mol. The van der Waals surface area contributed by atoms with Gasteiger partial charge in [-0.2, -0.15) is 0 Å². The second kappa shape index (κ2) is 7.71. The summed E-state index contributed by atoms with van der Waals surface area (Å²) in [6, 6.07) is 7.64. The average Bonchev–Trinajstić information content (AvgIpc) is 2.36. The minimum absolute atomic E-state index is 0.0361. The number of hydrogen-bond donors (Lipinski definition) is 2. The number of rotatable bonds is 7. The van der Waals surface area contributed by atoms with Gasteiger partial charge in [0.2, 0.25) is 5.91 Å². The van der Waals surface area contributed by atoms with Crippen LogP contribution in [0.5, 0.6) is 5.75 Å². The largest absolute Gasteiger partial charge is 0.494 e. The summed E-state index contributed by atoms with van der Waals surface area (Å²) in [7, 11) is 0. The summed E-state index contributed by atoms with van der Waals surface area (Å²) in [4.78, 5) is 11.4. The first-order valence-corrected chi connectivity index (χ1v) is 6.21. The molecule has 0 aliphatic carbocycles. The van der Waals surface area contributed by atoms with Gasteiger partial charge in [0.05, 0.1) is 13.2 Å². The molecule has 0 aromatic heterocycles. The Morgan fingerprint density at radius 2 is 2.06 bits per heavy atom. The van der Waals surface area contributed by atoms with Crippen molar-refractivity contribution < 1.29 is 14.6 Å². The number of nitrogens with one attached hydrogen (secondary N) is 1. The van der Waals surface area contributed by atoms with E-state index in [4.69, 9.17) is 9.84 Å². The first-order valence-electron chi connectivity index (χ1n) is 6.21. The average molecular weight is 251 g/mol. The van der Waals surface area contributed by atoms with Crippen molar-refractivity contribution in [3.05, 3.63) is 29.8 Å². The van der Waals surface area contributed by atoms with Gasteiger partial charge in [0.1, 0.15) is 5.75 Å². The van der Waals surface area contributed by atoms with Crippen molar-refractivity contribution in [1.29, 1.82) is 0 Å². The number of carbonyl (C=O) groups is 1. The topological polar surface area (TPSA) is 58.6 Å². The fourth-order valence-corrected chi connectivity index (χ4v) is 1.45. The van der Waals surface area contributed by atoms with Crippen LogP contribution >= 0.6 is 0 Å². The SMILES string of the molecule is Cc1ccc(OCCCC(=O)N[C@H](C)CO)cc1. The standard InChI is InChI=1S/C14H21NO3/c1-11-5-7-13(8-6-11)18-9-3-4-14(17)15-12(2)10-16/h5-8,12,16H,3-4,9-10H2,1-2H3,(H,15,17)/t12-/m1/s1. The summed E-state index contributed by atoms with van der Waals surface area (Å²) in [5.74, 6) is 0.772. The van der Waals surface area contributed by atoms with Gasteiger partial charge in [-0.1, -0.05) is 17.7 Å². The second-order valence-corrected chi connectivity index (χ2v) is 4.42. The van der Waals surface area contributed by atoms with E-state index >= 15 is 0 Å². The molecular formula is C14H21NO3. The summed E-state index contributed by atoms with van der Waals surface area (Å²) < 4.78 is 5.51. The number of benzene rings is 1. The zero-order chi connectivity index (χ0) is 13.4. The lowest BCUT2D eigenvalue weighted by molar-refractivity contribution is -0.122. The first kappa shape index (κ1) is 14.5. The number of amides is 1. The highest BCUT2D eigenvalue weighted by Crippen LogP contribution is 2.11. The molecule has 0 saturated carbocycles. The molecule has 2 N–H and O–H groups in total. The van der Waals surface area contributed by atoms with E-state index in [-0.39, 0.29) is 18.6 Å². The van der Waals surface area contributed by atoms with Crippen molar-refractivity contribution in [3.8, 4) is 5.75 Å². The maximum atomic E-state index is 11.4. The van der Waals surface area contributed by atoms with Crippen LogP contribution in [-0.4, -0.2) is 30.3 Å². The zero-order valence-electron chi connectivity index (χ0n) is 11.0. The predicted octanol–water partition coefficient (Wildman–Crippen LogP) is 1.65. The van der Waals surface area contributed by atoms with Gasteiger partial charge < -0.3 is 15.2 Å². The molecule has 0 fully saturated rings. The lowest BCUT2D eigenvalue weighted by Gasteiger charge is -2.11. The monoisotopic (exact) mass is 251 g/mol. The lowest BCUT2D eigenvalue weighted by Crippen LogP contribution is -2.34. The van der Waals surface area contributed by atoms with Crippen LogP contribution in [0.3, 0.4) is 0 Å². The van der Waals surface area contributed by atoms with Crippen LogP contribution in [-0.2, 0) is 4.79 Å². The molecule has 0 spiro atoms. The summed E-state index contributed by atoms with van der Waals surface area (Å²) in [5.41, 5.74) is 1.19. The Hall–Kier alpha value is -1.55. The van der Waals surface area contributed by atoms with Gasteiger partial charge in [-0.15, -0.1) is 0 Å². The molecule has 0 aliphatic heterocycles. The molecule has 0 bridgehead atoms. The summed E-state index contributed by atoms with van der Waals surface area (Å²) in [6.07, 6.45) is 1.08. The maximum absolute atomic E-state index is 11.4. The van der Waals surface area contributed by atoms with Crippen LogP contribution in [0.1, 0.15) is 25.3 Å². The second-order valence-electron chi connectivity index (χ2n) is 4.42.